The molecule has 1 atom stereocenters. The van der Waals surface area contributed by atoms with Crippen molar-refractivity contribution in [1.82, 2.24) is 10.2 Å². The van der Waals surface area contributed by atoms with E-state index in [2.05, 4.69) is 24.1 Å². The van der Waals surface area contributed by atoms with Gasteiger partial charge in [-0.25, -0.2) is 0 Å². The molecule has 1 unspecified atom stereocenters. The second kappa shape index (κ2) is 7.22. The van der Waals surface area contributed by atoms with Gasteiger partial charge in [0.1, 0.15) is 0 Å². The van der Waals surface area contributed by atoms with Gasteiger partial charge in [0.25, 0.3) is 0 Å². The minimum absolute atomic E-state index is 0.0461. The van der Waals surface area contributed by atoms with Crippen LogP contribution in [0, 0.1) is 11.8 Å². The number of ether oxygens (including phenoxy) is 1. The predicted molar refractivity (Wildman–Crippen MR) is 76.9 cm³/mol. The lowest BCUT2D eigenvalue weighted by molar-refractivity contribution is -0.126. The predicted octanol–water partition coefficient (Wildman–Crippen LogP) is 0.444. The van der Waals surface area contributed by atoms with Crippen molar-refractivity contribution in [2.75, 3.05) is 39.4 Å². The zero-order chi connectivity index (χ0) is 14.5. The molecule has 19 heavy (non-hydrogen) atoms. The van der Waals surface area contributed by atoms with E-state index in [-0.39, 0.29) is 23.3 Å². The van der Waals surface area contributed by atoms with E-state index < -0.39 is 0 Å². The first kappa shape index (κ1) is 16.4. The highest BCUT2D eigenvalue weighted by atomic mass is 16.5. The Hall–Kier alpha value is -0.650. The standard InChI is InChI=1S/C14H29N3O2/c1-11(2)12(9-15)13(18)16-10-14(3,4)17-5-7-19-8-6-17/h11-12H,5-10,15H2,1-4H3,(H,16,18). The summed E-state index contributed by atoms with van der Waals surface area (Å²) in [7, 11) is 0. The summed E-state index contributed by atoms with van der Waals surface area (Å²) in [6.07, 6.45) is 0. The molecule has 0 saturated carbocycles. The summed E-state index contributed by atoms with van der Waals surface area (Å²) in [5.41, 5.74) is 5.62. The van der Waals surface area contributed by atoms with Crippen LogP contribution in [0.1, 0.15) is 27.7 Å². The summed E-state index contributed by atoms with van der Waals surface area (Å²) in [5, 5.41) is 3.05. The van der Waals surface area contributed by atoms with Crippen LogP contribution < -0.4 is 11.1 Å². The molecular formula is C14H29N3O2. The fraction of sp³-hybridized carbons (Fsp3) is 0.929. The topological polar surface area (TPSA) is 67.6 Å². The van der Waals surface area contributed by atoms with Gasteiger partial charge in [0.05, 0.1) is 19.1 Å². The minimum Gasteiger partial charge on any atom is -0.379 e. The maximum absolute atomic E-state index is 12.1. The van der Waals surface area contributed by atoms with Crippen LogP contribution in [-0.2, 0) is 9.53 Å². The maximum atomic E-state index is 12.1. The van der Waals surface area contributed by atoms with E-state index in [4.69, 9.17) is 10.5 Å². The van der Waals surface area contributed by atoms with Crippen molar-refractivity contribution in [3.63, 3.8) is 0 Å². The molecule has 1 fully saturated rings. The molecule has 1 rings (SSSR count). The van der Waals surface area contributed by atoms with Crippen molar-refractivity contribution < 1.29 is 9.53 Å². The van der Waals surface area contributed by atoms with Gasteiger partial charge < -0.3 is 15.8 Å². The van der Waals surface area contributed by atoms with Gasteiger partial charge in [-0.15, -0.1) is 0 Å². The van der Waals surface area contributed by atoms with Gasteiger partial charge in [-0.05, 0) is 19.8 Å². The lowest BCUT2D eigenvalue weighted by atomic mass is 9.94. The van der Waals surface area contributed by atoms with Crippen LogP contribution in [0.3, 0.4) is 0 Å². The number of nitrogens with one attached hydrogen (secondary N) is 1. The van der Waals surface area contributed by atoms with Gasteiger partial charge in [0, 0.05) is 31.7 Å². The number of nitrogens with two attached hydrogens (primary N) is 1. The van der Waals surface area contributed by atoms with Crippen molar-refractivity contribution >= 4 is 5.91 Å². The van der Waals surface area contributed by atoms with Crippen LogP contribution in [0.4, 0.5) is 0 Å². The Morgan fingerprint density at radius 3 is 2.42 bits per heavy atom. The van der Waals surface area contributed by atoms with Crippen LogP contribution in [0.15, 0.2) is 0 Å². The Morgan fingerprint density at radius 1 is 1.37 bits per heavy atom. The van der Waals surface area contributed by atoms with E-state index >= 15 is 0 Å². The van der Waals surface area contributed by atoms with Crippen molar-refractivity contribution in [2.45, 2.75) is 33.2 Å². The van der Waals surface area contributed by atoms with Crippen molar-refractivity contribution in [2.24, 2.45) is 17.6 Å². The van der Waals surface area contributed by atoms with Gasteiger partial charge in [-0.1, -0.05) is 13.8 Å². The monoisotopic (exact) mass is 271 g/mol. The second-order valence-corrected chi connectivity index (χ2v) is 6.22. The van der Waals surface area contributed by atoms with Crippen LogP contribution in [0.25, 0.3) is 0 Å². The first-order valence-electron chi connectivity index (χ1n) is 7.19. The van der Waals surface area contributed by atoms with E-state index in [1.54, 1.807) is 0 Å². The normalized spacial score (nSPS) is 19.5. The molecule has 3 N–H and O–H groups in total. The van der Waals surface area contributed by atoms with Gasteiger partial charge in [0.2, 0.25) is 5.91 Å². The van der Waals surface area contributed by atoms with E-state index in [1.807, 2.05) is 13.8 Å². The Morgan fingerprint density at radius 2 is 1.95 bits per heavy atom. The number of nitrogens with zero attached hydrogens (tertiary/aromatic N) is 1. The van der Waals surface area contributed by atoms with Crippen molar-refractivity contribution in [1.29, 1.82) is 0 Å². The SMILES string of the molecule is CC(C)C(CN)C(=O)NCC(C)(C)N1CCOCC1. The quantitative estimate of drug-likeness (QED) is 0.736. The third-order valence-electron chi connectivity index (χ3n) is 3.96. The fourth-order valence-electron chi connectivity index (χ4n) is 2.40. The first-order chi connectivity index (χ1) is 8.88. The maximum Gasteiger partial charge on any atom is 0.224 e. The summed E-state index contributed by atoms with van der Waals surface area (Å²) >= 11 is 0. The molecule has 0 aromatic rings. The van der Waals surface area contributed by atoms with E-state index in [0.717, 1.165) is 26.3 Å². The number of morpholine rings is 1. The number of carbonyl (C=O) groups is 1. The molecule has 0 bridgehead atoms. The Kier molecular flexibility index (Phi) is 6.23. The molecular weight excluding hydrogens is 242 g/mol. The highest BCUT2D eigenvalue weighted by Gasteiger charge is 2.30. The number of rotatable bonds is 6. The van der Waals surface area contributed by atoms with Crippen LogP contribution >= 0.6 is 0 Å². The highest BCUT2D eigenvalue weighted by Crippen LogP contribution is 2.16. The summed E-state index contributed by atoms with van der Waals surface area (Å²) in [4.78, 5) is 14.5. The highest BCUT2D eigenvalue weighted by molar-refractivity contribution is 5.79. The molecule has 112 valence electrons. The van der Waals surface area contributed by atoms with E-state index in [9.17, 15) is 4.79 Å². The number of hydrogen-bond donors (Lipinski definition) is 2. The summed E-state index contributed by atoms with van der Waals surface area (Å²) in [6.45, 7) is 12.8. The Balaban J connectivity index is 2.47. The molecule has 1 aliphatic rings. The molecule has 0 spiro atoms. The summed E-state index contributed by atoms with van der Waals surface area (Å²) in [5.74, 6) is 0.246. The average Bonchev–Trinajstić information content (AvgIpc) is 2.38. The number of hydrogen-bond acceptors (Lipinski definition) is 4. The molecule has 0 aromatic heterocycles. The zero-order valence-corrected chi connectivity index (χ0v) is 12.7. The van der Waals surface area contributed by atoms with Crippen molar-refractivity contribution in [3.8, 4) is 0 Å². The van der Waals surface area contributed by atoms with E-state index in [1.165, 1.54) is 0 Å². The molecule has 1 saturated heterocycles. The molecule has 5 nitrogen and oxygen atoms in total. The summed E-state index contributed by atoms with van der Waals surface area (Å²) in [6, 6.07) is 0. The average molecular weight is 271 g/mol. The molecule has 1 aliphatic heterocycles. The molecule has 1 amide bonds. The van der Waals surface area contributed by atoms with Gasteiger partial charge in [-0.3, -0.25) is 9.69 Å². The van der Waals surface area contributed by atoms with Crippen molar-refractivity contribution in [3.05, 3.63) is 0 Å². The number of amides is 1. The molecule has 1 heterocycles. The largest absolute Gasteiger partial charge is 0.379 e. The smallest absolute Gasteiger partial charge is 0.224 e. The van der Waals surface area contributed by atoms with E-state index in [0.29, 0.717) is 13.1 Å². The molecule has 0 radical (unpaired) electrons. The molecule has 5 heteroatoms. The second-order valence-electron chi connectivity index (χ2n) is 6.22. The Bertz CT molecular complexity index is 286. The van der Waals surface area contributed by atoms with Crippen LogP contribution in [0.2, 0.25) is 0 Å². The van der Waals surface area contributed by atoms with Gasteiger partial charge in [-0.2, -0.15) is 0 Å². The Labute approximate surface area is 116 Å². The summed E-state index contributed by atoms with van der Waals surface area (Å²) < 4.78 is 5.36. The number of carbonyl (C=O) groups excluding carboxylic acids is 1. The van der Waals surface area contributed by atoms with Gasteiger partial charge >= 0.3 is 0 Å². The molecule has 0 aromatic carbocycles. The fourth-order valence-corrected chi connectivity index (χ4v) is 2.40. The van der Waals surface area contributed by atoms with Gasteiger partial charge in [0.15, 0.2) is 0 Å². The third kappa shape index (κ3) is 4.75. The lowest BCUT2D eigenvalue weighted by Gasteiger charge is -2.41. The van der Waals surface area contributed by atoms with Crippen LogP contribution in [-0.4, -0.2) is 55.7 Å². The lowest BCUT2D eigenvalue weighted by Crippen LogP contribution is -2.56. The molecule has 0 aliphatic carbocycles. The van der Waals surface area contributed by atoms with Crippen LogP contribution in [0.5, 0.6) is 0 Å². The third-order valence-corrected chi connectivity index (χ3v) is 3.96. The zero-order valence-electron chi connectivity index (χ0n) is 12.7. The first-order valence-corrected chi connectivity index (χ1v) is 7.19. The minimum atomic E-state index is -0.0968.